The number of benzene rings is 1. The van der Waals surface area contributed by atoms with Crippen molar-refractivity contribution in [3.05, 3.63) is 45.6 Å². The van der Waals surface area contributed by atoms with Crippen LogP contribution < -0.4 is 5.32 Å². The molecule has 2 heterocycles. The third-order valence-corrected chi connectivity index (χ3v) is 5.33. The van der Waals surface area contributed by atoms with Crippen LogP contribution in [-0.4, -0.2) is 0 Å². The minimum atomic E-state index is 0.398. The average molecular weight is 247 g/mol. The summed E-state index contributed by atoms with van der Waals surface area (Å²) < 4.78 is 0. The Labute approximate surface area is 104 Å². The Bertz CT molecular complexity index is 486. The van der Waals surface area contributed by atoms with Gasteiger partial charge in [0, 0.05) is 9.77 Å². The molecule has 1 aliphatic rings. The van der Waals surface area contributed by atoms with Gasteiger partial charge in [0.1, 0.15) is 5.37 Å². The quantitative estimate of drug-likeness (QED) is 0.791. The number of thiophene rings is 1. The first-order chi connectivity index (χ1) is 7.75. The van der Waals surface area contributed by atoms with E-state index < -0.39 is 0 Å². The van der Waals surface area contributed by atoms with Gasteiger partial charge in [-0.15, -0.1) is 11.3 Å². The van der Waals surface area contributed by atoms with Gasteiger partial charge in [0.25, 0.3) is 0 Å². The standard InChI is InChI=1S/C13H13NS2/c1-8-5-6-9(2)12-11(8)14-13(16-12)10-4-3-7-15-10/h3-7,13-14H,1-2H3. The van der Waals surface area contributed by atoms with E-state index in [4.69, 9.17) is 0 Å². The van der Waals surface area contributed by atoms with E-state index in [0.29, 0.717) is 5.37 Å². The van der Waals surface area contributed by atoms with E-state index in [1.54, 1.807) is 0 Å². The van der Waals surface area contributed by atoms with Gasteiger partial charge in [0.2, 0.25) is 0 Å². The summed E-state index contributed by atoms with van der Waals surface area (Å²) in [6.07, 6.45) is 0. The first kappa shape index (κ1) is 10.2. The number of aryl methyl sites for hydroxylation is 2. The largest absolute Gasteiger partial charge is 0.367 e. The summed E-state index contributed by atoms with van der Waals surface area (Å²) in [6.45, 7) is 4.35. The van der Waals surface area contributed by atoms with Crippen LogP contribution in [0.1, 0.15) is 21.4 Å². The van der Waals surface area contributed by atoms with E-state index in [-0.39, 0.29) is 0 Å². The highest BCUT2D eigenvalue weighted by Gasteiger charge is 2.25. The van der Waals surface area contributed by atoms with Gasteiger partial charge in [0.15, 0.2) is 0 Å². The maximum atomic E-state index is 3.62. The molecule has 0 bridgehead atoms. The molecule has 3 rings (SSSR count). The summed E-state index contributed by atoms with van der Waals surface area (Å²) in [4.78, 5) is 2.82. The van der Waals surface area contributed by atoms with E-state index in [9.17, 15) is 0 Å². The fourth-order valence-electron chi connectivity index (χ4n) is 1.96. The molecule has 3 heteroatoms. The molecule has 0 radical (unpaired) electrons. The summed E-state index contributed by atoms with van der Waals surface area (Å²) in [6, 6.07) is 8.72. The number of anilines is 1. The van der Waals surface area contributed by atoms with Crippen molar-refractivity contribution in [3.8, 4) is 0 Å². The molecule has 1 N–H and O–H groups in total. The smallest absolute Gasteiger partial charge is 0.112 e. The monoisotopic (exact) mass is 247 g/mol. The fourth-order valence-corrected chi connectivity index (χ4v) is 4.13. The second-order valence-electron chi connectivity index (χ2n) is 4.06. The van der Waals surface area contributed by atoms with Crippen LogP contribution in [0.15, 0.2) is 34.5 Å². The molecule has 0 aliphatic carbocycles. The van der Waals surface area contributed by atoms with Gasteiger partial charge in [-0.25, -0.2) is 0 Å². The molecule has 82 valence electrons. The number of rotatable bonds is 1. The predicted molar refractivity (Wildman–Crippen MR) is 72.5 cm³/mol. The molecule has 0 spiro atoms. The third kappa shape index (κ3) is 1.55. The van der Waals surface area contributed by atoms with Crippen molar-refractivity contribution in [1.29, 1.82) is 0 Å². The highest BCUT2D eigenvalue weighted by Crippen LogP contribution is 2.50. The fraction of sp³-hybridized carbons (Fsp3) is 0.231. The molecule has 1 aliphatic heterocycles. The summed E-state index contributed by atoms with van der Waals surface area (Å²) in [5.41, 5.74) is 4.03. The minimum Gasteiger partial charge on any atom is -0.367 e. The number of hydrogen-bond donors (Lipinski definition) is 1. The zero-order valence-electron chi connectivity index (χ0n) is 9.28. The second-order valence-corrected chi connectivity index (χ2v) is 6.16. The van der Waals surface area contributed by atoms with E-state index in [2.05, 4.69) is 48.8 Å². The van der Waals surface area contributed by atoms with Crippen molar-refractivity contribution < 1.29 is 0 Å². The summed E-state index contributed by atoms with van der Waals surface area (Å²) in [7, 11) is 0. The molecule has 0 saturated heterocycles. The number of fused-ring (bicyclic) bond motifs is 1. The van der Waals surface area contributed by atoms with Gasteiger partial charge in [0.05, 0.1) is 5.69 Å². The third-order valence-electron chi connectivity index (χ3n) is 2.88. The Morgan fingerprint density at radius 1 is 1.12 bits per heavy atom. The SMILES string of the molecule is Cc1ccc(C)c2c1NC(c1cccs1)S2. The summed E-state index contributed by atoms with van der Waals surface area (Å²) in [5, 5.41) is 6.16. The Kier molecular flexibility index (Phi) is 2.45. The van der Waals surface area contributed by atoms with Crippen molar-refractivity contribution in [1.82, 2.24) is 0 Å². The molecular formula is C13H13NS2. The van der Waals surface area contributed by atoms with Crippen molar-refractivity contribution in [2.45, 2.75) is 24.1 Å². The Balaban J connectivity index is 2.00. The second kappa shape index (κ2) is 3.82. The zero-order chi connectivity index (χ0) is 11.1. The van der Waals surface area contributed by atoms with Gasteiger partial charge in [-0.3, -0.25) is 0 Å². The van der Waals surface area contributed by atoms with Crippen LogP contribution in [0.4, 0.5) is 5.69 Å². The van der Waals surface area contributed by atoms with Gasteiger partial charge >= 0.3 is 0 Å². The number of hydrogen-bond acceptors (Lipinski definition) is 3. The Morgan fingerprint density at radius 3 is 2.62 bits per heavy atom. The lowest BCUT2D eigenvalue weighted by Gasteiger charge is -2.08. The molecule has 0 saturated carbocycles. The lowest BCUT2D eigenvalue weighted by Crippen LogP contribution is -1.99. The van der Waals surface area contributed by atoms with Crippen LogP contribution in [-0.2, 0) is 0 Å². The topological polar surface area (TPSA) is 12.0 Å². The maximum Gasteiger partial charge on any atom is 0.112 e. The normalized spacial score (nSPS) is 18.2. The maximum absolute atomic E-state index is 3.62. The highest BCUT2D eigenvalue weighted by molar-refractivity contribution is 8.00. The summed E-state index contributed by atoms with van der Waals surface area (Å²) >= 11 is 3.75. The van der Waals surface area contributed by atoms with Crippen LogP contribution in [0, 0.1) is 13.8 Å². The van der Waals surface area contributed by atoms with Crippen LogP contribution in [0.5, 0.6) is 0 Å². The number of nitrogens with one attached hydrogen (secondary N) is 1. The van der Waals surface area contributed by atoms with Crippen molar-refractivity contribution in [2.24, 2.45) is 0 Å². The Hall–Kier alpha value is -0.930. The molecule has 1 aromatic heterocycles. The van der Waals surface area contributed by atoms with E-state index in [1.807, 2.05) is 23.1 Å². The van der Waals surface area contributed by atoms with Crippen LogP contribution in [0.25, 0.3) is 0 Å². The van der Waals surface area contributed by atoms with Gasteiger partial charge in [-0.2, -0.15) is 0 Å². The predicted octanol–water partition coefficient (Wildman–Crippen LogP) is 4.58. The van der Waals surface area contributed by atoms with Gasteiger partial charge < -0.3 is 5.32 Å². The van der Waals surface area contributed by atoms with Crippen molar-refractivity contribution in [3.63, 3.8) is 0 Å². The van der Waals surface area contributed by atoms with Gasteiger partial charge in [-0.05, 0) is 36.4 Å². The minimum absolute atomic E-state index is 0.398. The zero-order valence-corrected chi connectivity index (χ0v) is 10.9. The molecule has 1 aromatic carbocycles. The molecule has 0 amide bonds. The lowest BCUT2D eigenvalue weighted by atomic mass is 10.1. The molecule has 0 fully saturated rings. The molecular weight excluding hydrogens is 234 g/mol. The summed E-state index contributed by atoms with van der Waals surface area (Å²) in [5.74, 6) is 0. The van der Waals surface area contributed by atoms with E-state index >= 15 is 0 Å². The number of thioether (sulfide) groups is 1. The first-order valence-electron chi connectivity index (χ1n) is 5.32. The van der Waals surface area contributed by atoms with E-state index in [0.717, 1.165) is 0 Å². The average Bonchev–Trinajstić information content (AvgIpc) is 2.90. The molecule has 1 atom stereocenters. The molecule has 1 unspecified atom stereocenters. The van der Waals surface area contributed by atoms with Crippen molar-refractivity contribution >= 4 is 28.8 Å². The van der Waals surface area contributed by atoms with Crippen molar-refractivity contribution in [2.75, 3.05) is 5.32 Å². The molecule has 2 aromatic rings. The highest BCUT2D eigenvalue weighted by atomic mass is 32.2. The van der Waals surface area contributed by atoms with Crippen LogP contribution in [0.3, 0.4) is 0 Å². The molecule has 1 nitrogen and oxygen atoms in total. The lowest BCUT2D eigenvalue weighted by molar-refractivity contribution is 1.16. The van der Waals surface area contributed by atoms with Crippen LogP contribution >= 0.6 is 23.1 Å². The van der Waals surface area contributed by atoms with E-state index in [1.165, 1.54) is 26.6 Å². The Morgan fingerprint density at radius 2 is 1.94 bits per heavy atom. The van der Waals surface area contributed by atoms with Crippen LogP contribution in [0.2, 0.25) is 0 Å². The molecule has 16 heavy (non-hydrogen) atoms. The van der Waals surface area contributed by atoms with Gasteiger partial charge in [-0.1, -0.05) is 30.0 Å². The first-order valence-corrected chi connectivity index (χ1v) is 7.08.